The molecule has 0 N–H and O–H groups in total. The lowest BCUT2D eigenvalue weighted by atomic mass is 10.2. The SMILES string of the molecule is CCc1nn(C)c(CN2CCS(=O)(=O)CC2C)c1Br. The van der Waals surface area contributed by atoms with Crippen LogP contribution in [0.5, 0.6) is 0 Å². The van der Waals surface area contributed by atoms with Crippen LogP contribution < -0.4 is 0 Å². The molecule has 0 aromatic carbocycles. The molecule has 5 nitrogen and oxygen atoms in total. The molecule has 0 saturated carbocycles. The van der Waals surface area contributed by atoms with Gasteiger partial charge in [-0.1, -0.05) is 6.92 Å². The molecule has 7 heteroatoms. The molecule has 0 amide bonds. The molecule has 1 aliphatic rings. The van der Waals surface area contributed by atoms with E-state index in [0.29, 0.717) is 6.54 Å². The Morgan fingerprint density at radius 1 is 1.47 bits per heavy atom. The number of nitrogens with zero attached hydrogens (tertiary/aromatic N) is 3. The summed E-state index contributed by atoms with van der Waals surface area (Å²) in [7, 11) is -0.918. The molecule has 1 unspecified atom stereocenters. The standard InChI is InChI=1S/C12H20BrN3O2S/c1-4-10-12(13)11(15(3)14-10)7-16-5-6-19(17,18)8-9(16)2/h9H,4-8H2,1-3H3. The molecule has 2 heterocycles. The van der Waals surface area contributed by atoms with Gasteiger partial charge >= 0.3 is 0 Å². The van der Waals surface area contributed by atoms with E-state index in [1.807, 2.05) is 18.7 Å². The van der Waals surface area contributed by atoms with Crippen molar-refractivity contribution in [1.82, 2.24) is 14.7 Å². The van der Waals surface area contributed by atoms with Crippen molar-refractivity contribution in [2.75, 3.05) is 18.1 Å². The van der Waals surface area contributed by atoms with E-state index in [4.69, 9.17) is 0 Å². The Bertz CT molecular complexity index is 568. The van der Waals surface area contributed by atoms with Gasteiger partial charge in [0.05, 0.1) is 27.4 Å². The summed E-state index contributed by atoms with van der Waals surface area (Å²) >= 11 is 3.60. The Kier molecular flexibility index (Phi) is 4.37. The van der Waals surface area contributed by atoms with Gasteiger partial charge in [-0.05, 0) is 29.3 Å². The molecule has 2 rings (SSSR count). The first-order chi connectivity index (χ1) is 8.84. The Morgan fingerprint density at radius 2 is 2.16 bits per heavy atom. The monoisotopic (exact) mass is 349 g/mol. The predicted octanol–water partition coefficient (Wildman–Crippen LogP) is 1.36. The molecule has 0 spiro atoms. The number of aryl methyl sites for hydroxylation is 2. The van der Waals surface area contributed by atoms with Gasteiger partial charge in [0.25, 0.3) is 0 Å². The maximum Gasteiger partial charge on any atom is 0.153 e. The Balaban J connectivity index is 2.16. The quantitative estimate of drug-likeness (QED) is 0.826. The second-order valence-electron chi connectivity index (χ2n) is 5.12. The molecule has 1 atom stereocenters. The Labute approximate surface area is 123 Å². The first kappa shape index (κ1) is 15.0. The van der Waals surface area contributed by atoms with Gasteiger partial charge in [-0.15, -0.1) is 0 Å². The molecule has 1 fully saturated rings. The number of hydrogen-bond acceptors (Lipinski definition) is 4. The average Bonchev–Trinajstić information content (AvgIpc) is 2.58. The molecule has 1 saturated heterocycles. The summed E-state index contributed by atoms with van der Waals surface area (Å²) < 4.78 is 26.1. The van der Waals surface area contributed by atoms with Gasteiger partial charge < -0.3 is 0 Å². The number of halogens is 1. The number of sulfone groups is 1. The summed E-state index contributed by atoms with van der Waals surface area (Å²) in [6.07, 6.45) is 0.887. The van der Waals surface area contributed by atoms with Crippen LogP contribution in [0.2, 0.25) is 0 Å². The zero-order valence-electron chi connectivity index (χ0n) is 11.6. The fourth-order valence-electron chi connectivity index (χ4n) is 2.45. The third-order valence-electron chi connectivity index (χ3n) is 3.66. The largest absolute Gasteiger partial charge is 0.293 e. The average molecular weight is 350 g/mol. The fraction of sp³-hybridized carbons (Fsp3) is 0.750. The van der Waals surface area contributed by atoms with E-state index in [1.165, 1.54) is 0 Å². The zero-order valence-corrected chi connectivity index (χ0v) is 14.0. The van der Waals surface area contributed by atoms with Gasteiger partial charge in [0, 0.05) is 26.2 Å². The van der Waals surface area contributed by atoms with E-state index in [0.717, 1.165) is 28.8 Å². The highest BCUT2D eigenvalue weighted by atomic mass is 79.9. The summed E-state index contributed by atoms with van der Waals surface area (Å²) in [5, 5.41) is 4.47. The van der Waals surface area contributed by atoms with Crippen LogP contribution in [0.15, 0.2) is 4.47 Å². The molecule has 0 aliphatic carbocycles. The molecular formula is C12H20BrN3O2S. The second-order valence-corrected chi connectivity index (χ2v) is 8.14. The van der Waals surface area contributed by atoms with E-state index in [-0.39, 0.29) is 17.5 Å². The second kappa shape index (κ2) is 5.54. The highest BCUT2D eigenvalue weighted by molar-refractivity contribution is 9.10. The van der Waals surface area contributed by atoms with E-state index in [2.05, 4.69) is 32.9 Å². The van der Waals surface area contributed by atoms with Crippen LogP contribution in [0, 0.1) is 0 Å². The van der Waals surface area contributed by atoms with E-state index >= 15 is 0 Å². The fourth-order valence-corrected chi connectivity index (χ4v) is 4.82. The third-order valence-corrected chi connectivity index (χ3v) is 6.37. The molecule has 0 bridgehead atoms. The van der Waals surface area contributed by atoms with Gasteiger partial charge in [-0.3, -0.25) is 9.58 Å². The highest BCUT2D eigenvalue weighted by Crippen LogP contribution is 2.24. The normalized spacial score (nSPS) is 23.7. The van der Waals surface area contributed by atoms with Crippen molar-refractivity contribution in [1.29, 1.82) is 0 Å². The minimum absolute atomic E-state index is 0.0608. The molecular weight excluding hydrogens is 330 g/mol. The van der Waals surface area contributed by atoms with Crippen LogP contribution in [0.25, 0.3) is 0 Å². The summed E-state index contributed by atoms with van der Waals surface area (Å²) in [4.78, 5) is 2.21. The van der Waals surface area contributed by atoms with Crippen LogP contribution in [0.3, 0.4) is 0 Å². The van der Waals surface area contributed by atoms with Crippen LogP contribution >= 0.6 is 15.9 Å². The molecule has 1 aliphatic heterocycles. The van der Waals surface area contributed by atoms with Crippen molar-refractivity contribution in [3.8, 4) is 0 Å². The maximum absolute atomic E-state index is 11.6. The highest BCUT2D eigenvalue weighted by Gasteiger charge is 2.29. The van der Waals surface area contributed by atoms with Crippen LogP contribution in [-0.4, -0.2) is 47.2 Å². The van der Waals surface area contributed by atoms with E-state index in [1.54, 1.807) is 0 Å². The minimum atomic E-state index is -2.85. The summed E-state index contributed by atoms with van der Waals surface area (Å²) in [6, 6.07) is 0.0608. The lowest BCUT2D eigenvalue weighted by molar-refractivity contribution is 0.212. The summed E-state index contributed by atoms with van der Waals surface area (Å²) in [6.45, 7) is 5.39. The van der Waals surface area contributed by atoms with Gasteiger partial charge in [0.1, 0.15) is 0 Å². The first-order valence-corrected chi connectivity index (χ1v) is 9.10. The van der Waals surface area contributed by atoms with Crippen molar-refractivity contribution in [3.63, 3.8) is 0 Å². The Hall–Kier alpha value is -0.400. The van der Waals surface area contributed by atoms with Gasteiger partial charge in [-0.2, -0.15) is 5.10 Å². The lowest BCUT2D eigenvalue weighted by Gasteiger charge is -2.33. The number of aromatic nitrogens is 2. The molecule has 1 aromatic rings. The zero-order chi connectivity index (χ0) is 14.2. The molecule has 1 aromatic heterocycles. The van der Waals surface area contributed by atoms with Gasteiger partial charge in [-0.25, -0.2) is 8.42 Å². The van der Waals surface area contributed by atoms with Crippen LogP contribution in [0.4, 0.5) is 0 Å². The minimum Gasteiger partial charge on any atom is -0.293 e. The summed E-state index contributed by atoms with van der Waals surface area (Å²) in [5.74, 6) is 0.510. The topological polar surface area (TPSA) is 55.2 Å². The first-order valence-electron chi connectivity index (χ1n) is 6.48. The van der Waals surface area contributed by atoms with Gasteiger partial charge in [0.15, 0.2) is 9.84 Å². The van der Waals surface area contributed by atoms with Crippen molar-refractivity contribution in [2.45, 2.75) is 32.9 Å². The van der Waals surface area contributed by atoms with Crippen LogP contribution in [0.1, 0.15) is 25.2 Å². The molecule has 19 heavy (non-hydrogen) atoms. The van der Waals surface area contributed by atoms with Crippen molar-refractivity contribution < 1.29 is 8.42 Å². The van der Waals surface area contributed by atoms with Crippen LogP contribution in [-0.2, 0) is 29.9 Å². The smallest absolute Gasteiger partial charge is 0.153 e. The number of rotatable bonds is 3. The third kappa shape index (κ3) is 3.20. The van der Waals surface area contributed by atoms with E-state index in [9.17, 15) is 8.42 Å². The van der Waals surface area contributed by atoms with Gasteiger partial charge in [0.2, 0.25) is 0 Å². The van der Waals surface area contributed by atoms with E-state index < -0.39 is 9.84 Å². The van der Waals surface area contributed by atoms with Crippen molar-refractivity contribution >= 4 is 25.8 Å². The Morgan fingerprint density at radius 3 is 2.68 bits per heavy atom. The summed E-state index contributed by atoms with van der Waals surface area (Å²) in [5.41, 5.74) is 2.16. The molecule has 108 valence electrons. The van der Waals surface area contributed by atoms with Crippen molar-refractivity contribution in [2.24, 2.45) is 7.05 Å². The van der Waals surface area contributed by atoms with Crippen molar-refractivity contribution in [3.05, 3.63) is 15.9 Å². The lowest BCUT2D eigenvalue weighted by Crippen LogP contribution is -2.46. The molecule has 0 radical (unpaired) electrons. The predicted molar refractivity (Wildman–Crippen MR) is 78.8 cm³/mol. The maximum atomic E-state index is 11.6. The number of hydrogen-bond donors (Lipinski definition) is 0.